The molecule has 0 aliphatic carbocycles. The molecular formula is C12H22Cl2O10. The van der Waals surface area contributed by atoms with Crippen LogP contribution >= 0.6 is 23.2 Å². The van der Waals surface area contributed by atoms with E-state index in [0.717, 1.165) is 0 Å². The van der Waals surface area contributed by atoms with Gasteiger partial charge in [-0.3, -0.25) is 0 Å². The fraction of sp³-hybridized carbons (Fsp3) is 0.917. The molecule has 0 saturated carbocycles. The first-order valence-electron chi connectivity index (χ1n) is 6.81. The number of carbonyl (C=O) groups excluding carboxylic acids is 1. The van der Waals surface area contributed by atoms with Gasteiger partial charge in [-0.25, -0.2) is 0 Å². The first-order chi connectivity index (χ1) is 11.1. The predicted molar refractivity (Wildman–Crippen MR) is 80.4 cm³/mol. The summed E-state index contributed by atoms with van der Waals surface area (Å²) in [5.41, 5.74) is 0. The summed E-state index contributed by atoms with van der Waals surface area (Å²) < 4.78 is 4.69. The van der Waals surface area contributed by atoms with Gasteiger partial charge < -0.3 is 50.4 Å². The van der Waals surface area contributed by atoms with Crippen LogP contribution in [-0.4, -0.2) is 114 Å². The molecule has 0 spiro atoms. The minimum absolute atomic E-state index is 0.236. The van der Waals surface area contributed by atoms with E-state index >= 15 is 0 Å². The summed E-state index contributed by atoms with van der Waals surface area (Å²) in [6.07, 6.45) is -9.35. The van der Waals surface area contributed by atoms with Crippen molar-refractivity contribution in [2.24, 2.45) is 0 Å². The predicted octanol–water partition coefficient (Wildman–Crippen LogP) is -4.11. The van der Waals surface area contributed by atoms with E-state index in [1.54, 1.807) is 0 Å². The highest BCUT2D eigenvalue weighted by atomic mass is 35.5. The van der Waals surface area contributed by atoms with Gasteiger partial charge in [0.05, 0.1) is 13.2 Å². The molecule has 0 amide bonds. The van der Waals surface area contributed by atoms with Crippen LogP contribution in [0.1, 0.15) is 0 Å². The van der Waals surface area contributed by atoms with Crippen LogP contribution in [0.3, 0.4) is 0 Å². The molecule has 9 atom stereocenters. The van der Waals surface area contributed by atoms with Crippen molar-refractivity contribution in [3.05, 3.63) is 0 Å². The molecule has 0 aromatic heterocycles. The zero-order valence-electron chi connectivity index (χ0n) is 12.3. The fourth-order valence-electron chi connectivity index (χ4n) is 1.67. The highest BCUT2D eigenvalue weighted by Crippen LogP contribution is 2.23. The summed E-state index contributed by atoms with van der Waals surface area (Å²) in [5, 5.41) is 68.8. The lowest BCUT2D eigenvalue weighted by Gasteiger charge is -2.37. The maximum atomic E-state index is 10.0. The van der Waals surface area contributed by atoms with Crippen molar-refractivity contribution < 1.29 is 50.4 Å². The molecule has 10 nitrogen and oxygen atoms in total. The number of aliphatic hydroxyl groups is 8. The lowest BCUT2D eigenvalue weighted by Crippen LogP contribution is -2.56. The van der Waals surface area contributed by atoms with Crippen molar-refractivity contribution in [3.8, 4) is 0 Å². The summed E-state index contributed by atoms with van der Waals surface area (Å²) in [6, 6.07) is 0. The van der Waals surface area contributed by atoms with E-state index in [1.165, 1.54) is 0 Å². The number of hydrogen-bond donors (Lipinski definition) is 8. The molecule has 1 fully saturated rings. The zero-order chi connectivity index (χ0) is 19.0. The van der Waals surface area contributed by atoms with Gasteiger partial charge in [0.15, 0.2) is 6.29 Å². The van der Waals surface area contributed by atoms with Crippen LogP contribution in [0.4, 0.5) is 0 Å². The highest BCUT2D eigenvalue weighted by Gasteiger charge is 2.42. The minimum Gasteiger partial charge on any atom is -0.394 e. The molecule has 1 rings (SSSR count). The standard InChI is InChI=1S/2C6H11ClO5/c7-3-5(10)4(9)2(1-8)12-6(3)11;7-3(1-8)5(11)6(12)4(10)2-9/h2-6,8-11H,1H2;1,3-6,9-12H,2H2/t2-,3-,4-,5-,6?;3-,4+,5+,6+/m10/s1. The highest BCUT2D eigenvalue weighted by molar-refractivity contribution is 6.28. The second-order valence-electron chi connectivity index (χ2n) is 4.98. The van der Waals surface area contributed by atoms with Gasteiger partial charge in [-0.05, 0) is 0 Å². The van der Waals surface area contributed by atoms with Gasteiger partial charge >= 0.3 is 0 Å². The molecular weight excluding hydrogens is 375 g/mol. The Bertz CT molecular complexity index is 358. The van der Waals surface area contributed by atoms with Crippen molar-refractivity contribution >= 4 is 29.5 Å². The minimum atomic E-state index is -1.62. The van der Waals surface area contributed by atoms with E-state index in [1.807, 2.05) is 0 Å². The van der Waals surface area contributed by atoms with Crippen LogP contribution < -0.4 is 0 Å². The van der Waals surface area contributed by atoms with Crippen molar-refractivity contribution in [1.82, 2.24) is 0 Å². The van der Waals surface area contributed by atoms with Gasteiger partial charge in [0, 0.05) is 0 Å². The molecule has 0 bridgehead atoms. The monoisotopic (exact) mass is 396 g/mol. The molecule has 1 unspecified atom stereocenters. The Kier molecular flexibility index (Phi) is 11.4. The number of ether oxygens (including phenoxy) is 1. The largest absolute Gasteiger partial charge is 0.394 e. The number of hydrogen-bond acceptors (Lipinski definition) is 10. The third-order valence-corrected chi connectivity index (χ3v) is 4.05. The SMILES string of the molecule is O=C[C@H](Cl)[C@@H](O)[C@H](O)[C@H](O)CO.OC[C@H]1OC(O)[C@H](Cl)[C@@H](O)[C@@H]1O. The molecule has 8 N–H and O–H groups in total. The Hall–Kier alpha value is -0.110. The van der Waals surface area contributed by atoms with E-state index in [4.69, 9.17) is 58.6 Å². The molecule has 1 heterocycles. The first-order valence-corrected chi connectivity index (χ1v) is 7.68. The molecule has 24 heavy (non-hydrogen) atoms. The number of aldehydes is 1. The number of alkyl halides is 2. The molecule has 1 aliphatic heterocycles. The second-order valence-corrected chi connectivity index (χ2v) is 5.99. The lowest BCUT2D eigenvalue weighted by atomic mass is 10.0. The number of halogens is 2. The summed E-state index contributed by atoms with van der Waals surface area (Å²) in [6.45, 7) is -1.18. The first kappa shape index (κ1) is 23.9. The number of aliphatic hydroxyl groups excluding tert-OH is 8. The maximum Gasteiger partial charge on any atom is 0.174 e. The molecule has 0 radical (unpaired) electrons. The summed E-state index contributed by atoms with van der Waals surface area (Å²) in [7, 11) is 0. The smallest absolute Gasteiger partial charge is 0.174 e. The molecule has 144 valence electrons. The van der Waals surface area contributed by atoms with Crippen molar-refractivity contribution in [2.45, 2.75) is 53.7 Å². The van der Waals surface area contributed by atoms with E-state index in [0.29, 0.717) is 0 Å². The fourth-order valence-corrected chi connectivity index (χ4v) is 2.02. The molecule has 1 aliphatic rings. The van der Waals surface area contributed by atoms with E-state index in [-0.39, 0.29) is 6.29 Å². The van der Waals surface area contributed by atoms with Crippen LogP contribution in [0.2, 0.25) is 0 Å². The van der Waals surface area contributed by atoms with Gasteiger partial charge in [-0.2, -0.15) is 0 Å². The van der Waals surface area contributed by atoms with E-state index in [2.05, 4.69) is 0 Å². The quantitative estimate of drug-likeness (QED) is 0.162. The van der Waals surface area contributed by atoms with E-state index < -0.39 is 66.9 Å². The third kappa shape index (κ3) is 6.65. The average Bonchev–Trinajstić information content (AvgIpc) is 2.60. The van der Waals surface area contributed by atoms with Gasteiger partial charge in [0.25, 0.3) is 0 Å². The van der Waals surface area contributed by atoms with Gasteiger partial charge in [-0.15, -0.1) is 23.2 Å². The summed E-state index contributed by atoms with van der Waals surface area (Å²) >= 11 is 10.7. The normalized spacial score (nSPS) is 35.2. The van der Waals surface area contributed by atoms with Crippen molar-refractivity contribution in [1.29, 1.82) is 0 Å². The maximum absolute atomic E-state index is 10.0. The van der Waals surface area contributed by atoms with Gasteiger partial charge in [0.1, 0.15) is 53.7 Å². The Morgan fingerprint density at radius 2 is 1.58 bits per heavy atom. The third-order valence-electron chi connectivity index (χ3n) is 3.21. The van der Waals surface area contributed by atoms with Crippen LogP contribution in [-0.2, 0) is 9.53 Å². The Morgan fingerprint density at radius 1 is 1.04 bits per heavy atom. The number of rotatable bonds is 6. The van der Waals surface area contributed by atoms with Crippen molar-refractivity contribution in [2.75, 3.05) is 13.2 Å². The summed E-state index contributed by atoms with van der Waals surface area (Å²) in [5.74, 6) is 0. The molecule has 1 saturated heterocycles. The average molecular weight is 397 g/mol. The Labute approximate surface area is 147 Å². The van der Waals surface area contributed by atoms with Crippen LogP contribution in [0.25, 0.3) is 0 Å². The topological polar surface area (TPSA) is 188 Å². The van der Waals surface area contributed by atoms with Crippen LogP contribution in [0, 0.1) is 0 Å². The lowest BCUT2D eigenvalue weighted by molar-refractivity contribution is -0.236. The Morgan fingerprint density at radius 3 is 2.00 bits per heavy atom. The van der Waals surface area contributed by atoms with Crippen LogP contribution in [0.5, 0.6) is 0 Å². The Balaban J connectivity index is 0.000000441. The van der Waals surface area contributed by atoms with E-state index in [9.17, 15) is 15.0 Å². The van der Waals surface area contributed by atoms with Gasteiger partial charge in [0.2, 0.25) is 0 Å². The zero-order valence-corrected chi connectivity index (χ0v) is 13.8. The van der Waals surface area contributed by atoms with Crippen molar-refractivity contribution in [3.63, 3.8) is 0 Å². The number of carbonyl (C=O) groups is 1. The second kappa shape index (κ2) is 11.5. The van der Waals surface area contributed by atoms with Crippen LogP contribution in [0.15, 0.2) is 0 Å². The summed E-state index contributed by atoms with van der Waals surface area (Å²) in [4.78, 5) is 10.0. The molecule has 0 aromatic rings. The molecule has 0 aromatic carbocycles. The molecule has 12 heteroatoms. The van der Waals surface area contributed by atoms with Gasteiger partial charge in [-0.1, -0.05) is 0 Å².